The molecular weight excluding hydrogens is 643 g/mol. The second-order valence-corrected chi connectivity index (χ2v) is 8.80. The summed E-state index contributed by atoms with van der Waals surface area (Å²) in [6.45, 7) is 5.25. The van der Waals surface area contributed by atoms with E-state index in [1.54, 1.807) is 12.1 Å². The van der Waals surface area contributed by atoms with Crippen LogP contribution in [-0.2, 0) is 26.5 Å². The van der Waals surface area contributed by atoms with Gasteiger partial charge in [-0.2, -0.15) is 0 Å². The maximum Gasteiger partial charge on any atom is 0.354 e. The minimum atomic E-state index is -0.990. The van der Waals surface area contributed by atoms with Gasteiger partial charge in [0.25, 0.3) is 0 Å². The Bertz CT molecular complexity index is 968. The quantitative estimate of drug-likeness (QED) is 0.131. The van der Waals surface area contributed by atoms with E-state index in [9.17, 15) is 4.79 Å². The number of benzene rings is 1. The summed E-state index contributed by atoms with van der Waals surface area (Å²) in [5, 5.41) is 8.32. The Kier molecular flexibility index (Phi) is 17.9. The fourth-order valence-electron chi connectivity index (χ4n) is 3.58. The predicted molar refractivity (Wildman–Crippen MR) is 144 cm³/mol. The molecule has 0 unspecified atom stereocenters. The number of hydrogen-bond acceptors (Lipinski definition) is 5. The van der Waals surface area contributed by atoms with Gasteiger partial charge in [-0.3, -0.25) is 9.97 Å². The van der Waals surface area contributed by atoms with E-state index in [2.05, 4.69) is 34.9 Å². The molecule has 37 heavy (non-hydrogen) atoms. The molecule has 2 heterocycles. The van der Waals surface area contributed by atoms with Crippen LogP contribution in [0.3, 0.4) is 0 Å². The fraction of sp³-hybridized carbons (Fsp3) is 0.467. The second kappa shape index (κ2) is 20.4. The van der Waals surface area contributed by atoms with E-state index in [-0.39, 0.29) is 25.8 Å². The number of aromatic nitrogens is 3. The number of carboxylic acid groups (broad SMARTS) is 1. The molecular formula is C30H40IrN3O3-. The molecule has 0 saturated heterocycles. The summed E-state index contributed by atoms with van der Waals surface area (Å²) in [6, 6.07) is 13.9. The third kappa shape index (κ3) is 14.0. The fourth-order valence-corrected chi connectivity index (χ4v) is 3.58. The molecule has 0 fully saturated rings. The van der Waals surface area contributed by atoms with Crippen molar-refractivity contribution in [3.8, 4) is 17.1 Å². The van der Waals surface area contributed by atoms with Crippen molar-refractivity contribution < 1.29 is 34.7 Å². The minimum absolute atomic E-state index is 0. The Morgan fingerprint density at radius 2 is 1.54 bits per heavy atom. The second-order valence-electron chi connectivity index (χ2n) is 8.80. The number of aromatic carboxylic acids is 1. The van der Waals surface area contributed by atoms with Gasteiger partial charge in [0.1, 0.15) is 5.69 Å². The first-order chi connectivity index (χ1) is 17.6. The average molecular weight is 683 g/mol. The number of ether oxygens (including phenoxy) is 1. The van der Waals surface area contributed by atoms with Gasteiger partial charge in [0.05, 0.1) is 12.4 Å². The molecule has 7 heteroatoms. The number of nitrogens with zero attached hydrogens (tertiary/aromatic N) is 3. The molecule has 1 radical (unpaired) electrons. The molecule has 6 nitrogen and oxygen atoms in total. The van der Waals surface area contributed by atoms with Crippen molar-refractivity contribution in [3.63, 3.8) is 0 Å². The largest absolute Gasteiger partial charge is 0.537 e. The van der Waals surface area contributed by atoms with Crippen LogP contribution in [0.15, 0.2) is 55.0 Å². The van der Waals surface area contributed by atoms with E-state index < -0.39 is 5.97 Å². The number of hydrogen-bond donors (Lipinski definition) is 1. The zero-order valence-electron chi connectivity index (χ0n) is 22.1. The topological polar surface area (TPSA) is 85.2 Å². The SMILES string of the molecule is CCCCCCCCc1cnc(-c2[c-]cc(OCCCCCC)cc2)nc1.O=C(O)c1ccccn1.[Ir]. The van der Waals surface area contributed by atoms with Crippen LogP contribution in [0.5, 0.6) is 5.75 Å². The van der Waals surface area contributed by atoms with Gasteiger partial charge in [0.15, 0.2) is 0 Å². The molecule has 3 aromatic rings. The van der Waals surface area contributed by atoms with Crippen molar-refractivity contribution >= 4 is 5.97 Å². The summed E-state index contributed by atoms with van der Waals surface area (Å²) in [4.78, 5) is 22.8. The van der Waals surface area contributed by atoms with Crippen LogP contribution in [0.1, 0.15) is 94.1 Å². The molecule has 0 aliphatic carbocycles. The number of rotatable bonds is 15. The third-order valence-corrected chi connectivity index (χ3v) is 5.70. The van der Waals surface area contributed by atoms with Crippen LogP contribution >= 0.6 is 0 Å². The first kappa shape index (κ1) is 32.4. The van der Waals surface area contributed by atoms with E-state index in [4.69, 9.17) is 9.84 Å². The van der Waals surface area contributed by atoms with E-state index in [1.807, 2.05) is 30.6 Å². The van der Waals surface area contributed by atoms with Gasteiger partial charge >= 0.3 is 5.97 Å². The van der Waals surface area contributed by atoms with Crippen LogP contribution in [-0.4, -0.2) is 32.6 Å². The smallest absolute Gasteiger partial charge is 0.354 e. The third-order valence-electron chi connectivity index (χ3n) is 5.70. The van der Waals surface area contributed by atoms with Gasteiger partial charge in [-0.15, -0.1) is 29.8 Å². The molecule has 0 aliphatic heterocycles. The summed E-state index contributed by atoms with van der Waals surface area (Å²) in [7, 11) is 0. The zero-order valence-corrected chi connectivity index (χ0v) is 24.5. The van der Waals surface area contributed by atoms with Crippen LogP contribution in [0.25, 0.3) is 11.4 Å². The molecule has 0 bridgehead atoms. The molecule has 203 valence electrons. The Morgan fingerprint density at radius 1 is 0.865 bits per heavy atom. The van der Waals surface area contributed by atoms with E-state index in [1.165, 1.54) is 75.6 Å². The van der Waals surface area contributed by atoms with Crippen molar-refractivity contribution in [3.05, 3.63) is 72.3 Å². The van der Waals surface area contributed by atoms with Crippen LogP contribution < -0.4 is 4.74 Å². The van der Waals surface area contributed by atoms with E-state index in [0.29, 0.717) is 0 Å². The first-order valence-electron chi connectivity index (χ1n) is 13.2. The van der Waals surface area contributed by atoms with Crippen molar-refractivity contribution in [1.29, 1.82) is 0 Å². The summed E-state index contributed by atoms with van der Waals surface area (Å²) in [5.74, 6) is 0.613. The Labute approximate surface area is 235 Å². The molecule has 0 amide bonds. The normalized spacial score (nSPS) is 10.1. The Balaban J connectivity index is 0.000000577. The zero-order chi connectivity index (χ0) is 25.8. The number of carbonyl (C=O) groups is 1. The molecule has 0 atom stereocenters. The number of unbranched alkanes of at least 4 members (excludes halogenated alkanes) is 8. The standard InChI is InChI=1S/C24H35N2O.C6H5NO2.Ir/c1-3-5-7-9-10-11-13-21-19-25-24(26-20-21)22-14-16-23(17-15-22)27-18-12-8-6-4-2;8-6(9)5-3-1-2-4-7-5;/h14,16-17,19-20H,3-13,18H2,1-2H3;1-4H,(H,8,9);/q-1;;. The number of aryl methyl sites for hydroxylation is 1. The molecule has 0 aliphatic rings. The van der Waals surface area contributed by atoms with Crippen LogP contribution in [0.4, 0.5) is 0 Å². The molecule has 3 rings (SSSR count). The van der Waals surface area contributed by atoms with Crippen LogP contribution in [0, 0.1) is 6.07 Å². The number of carboxylic acids is 1. The van der Waals surface area contributed by atoms with Crippen molar-refractivity contribution in [2.75, 3.05) is 6.61 Å². The van der Waals surface area contributed by atoms with Gasteiger partial charge in [-0.05, 0) is 37.0 Å². The van der Waals surface area contributed by atoms with Crippen LogP contribution in [0.2, 0.25) is 0 Å². The Hall–Kier alpha value is -2.63. The van der Waals surface area contributed by atoms with Gasteiger partial charge in [-0.25, -0.2) is 9.78 Å². The first-order valence-corrected chi connectivity index (χ1v) is 13.2. The minimum Gasteiger partial charge on any atom is -0.537 e. The molecule has 0 spiro atoms. The maximum atomic E-state index is 10.1. The summed E-state index contributed by atoms with van der Waals surface area (Å²) in [5.41, 5.74) is 2.22. The summed E-state index contributed by atoms with van der Waals surface area (Å²) in [6.07, 6.45) is 19.2. The van der Waals surface area contributed by atoms with Crippen molar-refractivity contribution in [1.82, 2.24) is 15.0 Å². The molecule has 1 N–H and O–H groups in total. The summed E-state index contributed by atoms with van der Waals surface area (Å²) >= 11 is 0. The van der Waals surface area contributed by atoms with Gasteiger partial charge in [-0.1, -0.05) is 71.3 Å². The molecule has 0 saturated carbocycles. The van der Waals surface area contributed by atoms with Gasteiger partial charge < -0.3 is 9.84 Å². The predicted octanol–water partition coefficient (Wildman–Crippen LogP) is 7.58. The molecule has 1 aromatic carbocycles. The van der Waals surface area contributed by atoms with Gasteiger partial charge in [0, 0.05) is 44.4 Å². The number of pyridine rings is 1. The van der Waals surface area contributed by atoms with Crippen molar-refractivity contribution in [2.24, 2.45) is 0 Å². The monoisotopic (exact) mass is 683 g/mol. The average Bonchev–Trinajstić information content (AvgIpc) is 2.92. The van der Waals surface area contributed by atoms with E-state index >= 15 is 0 Å². The summed E-state index contributed by atoms with van der Waals surface area (Å²) < 4.78 is 5.77. The Morgan fingerprint density at radius 3 is 2.11 bits per heavy atom. The van der Waals surface area contributed by atoms with Crippen molar-refractivity contribution in [2.45, 2.75) is 84.5 Å². The molecule has 2 aromatic heterocycles. The van der Waals surface area contributed by atoms with Gasteiger partial charge in [0.2, 0.25) is 0 Å². The van der Waals surface area contributed by atoms with E-state index in [0.717, 1.165) is 36.6 Å². The maximum absolute atomic E-state index is 10.1.